The summed E-state index contributed by atoms with van der Waals surface area (Å²) < 4.78 is 0. The second-order valence-electron chi connectivity index (χ2n) is 7.16. The lowest BCUT2D eigenvalue weighted by Crippen LogP contribution is -2.23. The molecule has 0 spiro atoms. The molecule has 138 valence electrons. The minimum atomic E-state index is -0.689. The van der Waals surface area contributed by atoms with Crippen molar-refractivity contribution in [1.82, 2.24) is 4.98 Å². The van der Waals surface area contributed by atoms with Crippen LogP contribution in [0.15, 0.2) is 91.0 Å². The van der Waals surface area contributed by atoms with Crippen LogP contribution < -0.4 is 16.0 Å². The fourth-order valence-electron chi connectivity index (χ4n) is 3.84. The van der Waals surface area contributed by atoms with Gasteiger partial charge in [-0.3, -0.25) is 0 Å². The third-order valence-electron chi connectivity index (χ3n) is 4.93. The summed E-state index contributed by atoms with van der Waals surface area (Å²) in [5.74, 6) is 0. The standard InChI is InChI=1S/C26H24NP/c1-19-17-20(2)26(21(3)18-19)24-15-10-16-25(27-24)28(22-11-6-4-7-12-22)23-13-8-5-9-14-23/h4-18H,1-3H3. The normalized spacial score (nSPS) is 11.0. The van der Waals surface area contributed by atoms with Gasteiger partial charge in [-0.15, -0.1) is 0 Å². The zero-order valence-corrected chi connectivity index (χ0v) is 17.4. The molecule has 3 aromatic carbocycles. The molecule has 2 heteroatoms. The summed E-state index contributed by atoms with van der Waals surface area (Å²) in [6, 6.07) is 32.4. The highest BCUT2D eigenvalue weighted by Gasteiger charge is 2.19. The van der Waals surface area contributed by atoms with Crippen molar-refractivity contribution in [3.63, 3.8) is 0 Å². The number of rotatable bonds is 4. The van der Waals surface area contributed by atoms with Crippen LogP contribution in [0.2, 0.25) is 0 Å². The third-order valence-corrected chi connectivity index (χ3v) is 7.26. The number of hydrogen-bond donors (Lipinski definition) is 0. The minimum absolute atomic E-state index is 0.689. The smallest absolute Gasteiger partial charge is 0.0728 e. The van der Waals surface area contributed by atoms with Crippen LogP contribution in [0.4, 0.5) is 0 Å². The van der Waals surface area contributed by atoms with Crippen LogP contribution in [0, 0.1) is 20.8 Å². The monoisotopic (exact) mass is 381 g/mol. The van der Waals surface area contributed by atoms with Crippen molar-refractivity contribution >= 4 is 24.0 Å². The molecule has 0 atom stereocenters. The second kappa shape index (κ2) is 8.09. The Balaban J connectivity index is 1.87. The average molecular weight is 381 g/mol. The molecule has 1 heterocycles. The van der Waals surface area contributed by atoms with Gasteiger partial charge in [0.2, 0.25) is 0 Å². The molecule has 0 N–H and O–H groups in total. The Morgan fingerprint density at radius 2 is 1.14 bits per heavy atom. The van der Waals surface area contributed by atoms with Gasteiger partial charge < -0.3 is 0 Å². The number of benzene rings is 3. The Labute approximate surface area is 168 Å². The number of hydrogen-bond acceptors (Lipinski definition) is 1. The molecule has 0 aliphatic carbocycles. The lowest BCUT2D eigenvalue weighted by atomic mass is 9.97. The quantitative estimate of drug-likeness (QED) is 0.430. The van der Waals surface area contributed by atoms with Crippen LogP contribution in [-0.4, -0.2) is 4.98 Å². The Morgan fingerprint density at radius 1 is 0.607 bits per heavy atom. The van der Waals surface area contributed by atoms with Gasteiger partial charge in [0.1, 0.15) is 0 Å². The number of aryl methyl sites for hydroxylation is 3. The van der Waals surface area contributed by atoms with E-state index in [1.807, 2.05) is 0 Å². The molecule has 0 amide bonds. The van der Waals surface area contributed by atoms with Crippen molar-refractivity contribution < 1.29 is 0 Å². The molecule has 1 nitrogen and oxygen atoms in total. The van der Waals surface area contributed by atoms with Crippen LogP contribution in [0.5, 0.6) is 0 Å². The highest BCUT2D eigenvalue weighted by atomic mass is 31.1. The van der Waals surface area contributed by atoms with E-state index in [0.717, 1.165) is 11.1 Å². The Hall–Kier alpha value is -2.76. The van der Waals surface area contributed by atoms with Crippen LogP contribution in [0.3, 0.4) is 0 Å². The largest absolute Gasteiger partial charge is 0.247 e. The van der Waals surface area contributed by atoms with Crippen LogP contribution in [-0.2, 0) is 0 Å². The second-order valence-corrected chi connectivity index (χ2v) is 9.32. The highest BCUT2D eigenvalue weighted by molar-refractivity contribution is 7.79. The predicted octanol–water partition coefficient (Wildman–Crippen LogP) is 5.43. The van der Waals surface area contributed by atoms with Crippen molar-refractivity contribution in [2.45, 2.75) is 20.8 Å². The summed E-state index contributed by atoms with van der Waals surface area (Å²) in [4.78, 5) is 5.18. The van der Waals surface area contributed by atoms with Gasteiger partial charge in [-0.05, 0) is 54.6 Å². The molecule has 0 radical (unpaired) electrons. The van der Waals surface area contributed by atoms with E-state index in [4.69, 9.17) is 4.98 Å². The van der Waals surface area contributed by atoms with E-state index in [-0.39, 0.29) is 0 Å². The molecule has 0 unspecified atom stereocenters. The lowest BCUT2D eigenvalue weighted by molar-refractivity contribution is 1.28. The van der Waals surface area contributed by atoms with Crippen molar-refractivity contribution in [2.75, 3.05) is 0 Å². The highest BCUT2D eigenvalue weighted by Crippen LogP contribution is 2.33. The topological polar surface area (TPSA) is 12.9 Å². The van der Waals surface area contributed by atoms with E-state index in [1.165, 1.54) is 32.9 Å². The van der Waals surface area contributed by atoms with E-state index in [9.17, 15) is 0 Å². The maximum atomic E-state index is 5.18. The van der Waals surface area contributed by atoms with E-state index >= 15 is 0 Å². The summed E-state index contributed by atoms with van der Waals surface area (Å²) >= 11 is 0. The summed E-state index contributed by atoms with van der Waals surface area (Å²) in [6.45, 7) is 6.51. The summed E-state index contributed by atoms with van der Waals surface area (Å²) in [5.41, 5.74) is 7.32. The molecule has 0 saturated carbocycles. The third kappa shape index (κ3) is 3.77. The fourth-order valence-corrected chi connectivity index (χ4v) is 6.05. The van der Waals surface area contributed by atoms with Gasteiger partial charge in [0.25, 0.3) is 0 Å². The molecule has 0 fully saturated rings. The first kappa shape index (κ1) is 18.6. The molecule has 0 aliphatic rings. The van der Waals surface area contributed by atoms with Crippen molar-refractivity contribution in [3.05, 3.63) is 108 Å². The van der Waals surface area contributed by atoms with E-state index in [2.05, 4.69) is 112 Å². The molecule has 28 heavy (non-hydrogen) atoms. The maximum absolute atomic E-state index is 5.18. The predicted molar refractivity (Wildman–Crippen MR) is 123 cm³/mol. The Kier molecular flexibility index (Phi) is 5.37. The molecule has 4 rings (SSSR count). The molecule has 1 aromatic heterocycles. The Bertz CT molecular complexity index is 1030. The zero-order chi connectivity index (χ0) is 19.5. The van der Waals surface area contributed by atoms with Gasteiger partial charge in [-0.25, -0.2) is 4.98 Å². The zero-order valence-electron chi connectivity index (χ0n) is 16.6. The molecule has 4 aromatic rings. The van der Waals surface area contributed by atoms with Gasteiger partial charge in [-0.1, -0.05) is 84.4 Å². The first-order chi connectivity index (χ1) is 13.6. The van der Waals surface area contributed by atoms with Crippen molar-refractivity contribution in [2.24, 2.45) is 0 Å². The average Bonchev–Trinajstić information content (AvgIpc) is 2.69. The summed E-state index contributed by atoms with van der Waals surface area (Å²) in [7, 11) is -0.689. The molecular formula is C26H24NP. The molecule has 0 aliphatic heterocycles. The molecular weight excluding hydrogens is 357 g/mol. The van der Waals surface area contributed by atoms with Gasteiger partial charge in [0.15, 0.2) is 0 Å². The van der Waals surface area contributed by atoms with E-state index < -0.39 is 7.92 Å². The summed E-state index contributed by atoms with van der Waals surface area (Å²) in [5, 5.41) is 2.65. The first-order valence-corrected chi connectivity index (χ1v) is 10.9. The van der Waals surface area contributed by atoms with Crippen LogP contribution in [0.25, 0.3) is 11.3 Å². The lowest BCUT2D eigenvalue weighted by Gasteiger charge is -2.19. The maximum Gasteiger partial charge on any atom is 0.0728 e. The first-order valence-electron chi connectivity index (χ1n) is 9.59. The Morgan fingerprint density at radius 3 is 1.68 bits per heavy atom. The van der Waals surface area contributed by atoms with Gasteiger partial charge in [0, 0.05) is 13.5 Å². The number of nitrogens with zero attached hydrogens (tertiary/aromatic N) is 1. The summed E-state index contributed by atoms with van der Waals surface area (Å²) in [6.07, 6.45) is 0. The molecule has 0 bridgehead atoms. The minimum Gasteiger partial charge on any atom is -0.247 e. The van der Waals surface area contributed by atoms with Crippen LogP contribution >= 0.6 is 7.92 Å². The van der Waals surface area contributed by atoms with Gasteiger partial charge in [0.05, 0.1) is 11.1 Å². The van der Waals surface area contributed by atoms with E-state index in [1.54, 1.807) is 0 Å². The number of pyridine rings is 1. The van der Waals surface area contributed by atoms with Crippen molar-refractivity contribution in [1.29, 1.82) is 0 Å². The molecule has 0 saturated heterocycles. The number of aromatic nitrogens is 1. The van der Waals surface area contributed by atoms with Crippen LogP contribution in [0.1, 0.15) is 16.7 Å². The SMILES string of the molecule is Cc1cc(C)c(-c2cccc(P(c3ccccc3)c3ccccc3)n2)c(C)c1. The fraction of sp³-hybridized carbons (Fsp3) is 0.115. The van der Waals surface area contributed by atoms with Gasteiger partial charge in [-0.2, -0.15) is 0 Å². The van der Waals surface area contributed by atoms with Crippen molar-refractivity contribution in [3.8, 4) is 11.3 Å². The van der Waals surface area contributed by atoms with E-state index in [0.29, 0.717) is 0 Å². The van der Waals surface area contributed by atoms with Gasteiger partial charge >= 0.3 is 0 Å².